The van der Waals surface area contributed by atoms with Crippen LogP contribution in [0.25, 0.3) is 5.57 Å². The molecular weight excluding hydrogens is 484 g/mol. The number of carbonyl (C=O) groups excluding carboxylic acids is 2. The molecule has 9 nitrogen and oxygen atoms in total. The number of ether oxygens (including phenoxy) is 2. The molecule has 5 rings (SSSR count). The van der Waals surface area contributed by atoms with Gasteiger partial charge in [0.15, 0.2) is 0 Å². The van der Waals surface area contributed by atoms with E-state index in [2.05, 4.69) is 10.3 Å². The minimum atomic E-state index is -0.957. The lowest BCUT2D eigenvalue weighted by atomic mass is 9.53. The van der Waals surface area contributed by atoms with Gasteiger partial charge in [-0.1, -0.05) is 6.07 Å². The molecule has 1 heterocycles. The molecule has 2 aromatic rings. The van der Waals surface area contributed by atoms with Crippen LogP contribution in [0.3, 0.4) is 0 Å². The molecule has 9 heteroatoms. The van der Waals surface area contributed by atoms with Gasteiger partial charge in [-0.05, 0) is 93.5 Å². The summed E-state index contributed by atoms with van der Waals surface area (Å²) in [6, 6.07) is 9.17. The number of aromatic nitrogens is 1. The van der Waals surface area contributed by atoms with E-state index in [-0.39, 0.29) is 30.1 Å². The fourth-order valence-corrected chi connectivity index (χ4v) is 5.53. The molecule has 3 saturated carbocycles. The first-order chi connectivity index (χ1) is 18.0. The molecule has 0 saturated heterocycles. The predicted octanol–water partition coefficient (Wildman–Crippen LogP) is 3.01. The summed E-state index contributed by atoms with van der Waals surface area (Å²) in [5.41, 5.74) is 12.9. The molecule has 2 amide bonds. The Balaban J connectivity index is 1.11. The maximum atomic E-state index is 12.9. The Hall–Kier alpha value is -3.59. The second-order valence-corrected chi connectivity index (χ2v) is 11.7. The minimum Gasteiger partial charge on any atom is -0.490 e. The quantitative estimate of drug-likeness (QED) is 0.352. The zero-order valence-corrected chi connectivity index (χ0v) is 21.9. The lowest BCUT2D eigenvalue weighted by Crippen LogP contribution is -2.58. The molecule has 0 bridgehead atoms. The maximum Gasteiger partial charge on any atom is 0.255 e. The van der Waals surface area contributed by atoms with Gasteiger partial charge in [-0.2, -0.15) is 0 Å². The number of benzene rings is 1. The number of nitrogens with zero attached hydrogens (tertiary/aromatic N) is 1. The van der Waals surface area contributed by atoms with Crippen LogP contribution in [0.15, 0.2) is 42.7 Å². The summed E-state index contributed by atoms with van der Waals surface area (Å²) in [5, 5.41) is 12.9. The molecule has 0 aliphatic heterocycles. The van der Waals surface area contributed by atoms with Crippen molar-refractivity contribution in [1.29, 1.82) is 0 Å². The van der Waals surface area contributed by atoms with Gasteiger partial charge in [0.1, 0.15) is 18.1 Å². The van der Waals surface area contributed by atoms with E-state index in [0.29, 0.717) is 34.2 Å². The summed E-state index contributed by atoms with van der Waals surface area (Å²) in [5.74, 6) is 0.915. The summed E-state index contributed by atoms with van der Waals surface area (Å²) < 4.78 is 11.7. The number of carbonyl (C=O) groups is 2. The van der Waals surface area contributed by atoms with Gasteiger partial charge in [-0.25, -0.2) is 0 Å². The Morgan fingerprint density at radius 2 is 1.92 bits per heavy atom. The van der Waals surface area contributed by atoms with Gasteiger partial charge < -0.3 is 31.4 Å². The largest absolute Gasteiger partial charge is 0.490 e. The topological polar surface area (TPSA) is 150 Å². The Labute approximate surface area is 222 Å². The Kier molecular flexibility index (Phi) is 6.81. The van der Waals surface area contributed by atoms with Crippen molar-refractivity contribution >= 4 is 17.4 Å². The van der Waals surface area contributed by atoms with Crippen LogP contribution in [0.2, 0.25) is 0 Å². The lowest BCUT2D eigenvalue weighted by Gasteiger charge is -2.57. The third-order valence-electron chi connectivity index (χ3n) is 7.64. The van der Waals surface area contributed by atoms with E-state index in [1.54, 1.807) is 32.0 Å². The third kappa shape index (κ3) is 5.78. The van der Waals surface area contributed by atoms with E-state index in [9.17, 15) is 14.7 Å². The zero-order valence-electron chi connectivity index (χ0n) is 21.9. The van der Waals surface area contributed by atoms with Crippen molar-refractivity contribution in [2.24, 2.45) is 16.9 Å². The molecule has 1 aromatic carbocycles. The fourth-order valence-electron chi connectivity index (χ4n) is 5.53. The smallest absolute Gasteiger partial charge is 0.255 e. The highest BCUT2D eigenvalue weighted by atomic mass is 16.5. The number of aliphatic hydroxyl groups is 1. The first kappa shape index (κ1) is 26.0. The molecule has 0 atom stereocenters. The van der Waals surface area contributed by atoms with E-state index < -0.39 is 11.5 Å². The van der Waals surface area contributed by atoms with Crippen LogP contribution in [-0.2, 0) is 4.79 Å². The van der Waals surface area contributed by atoms with Crippen molar-refractivity contribution in [1.82, 2.24) is 10.3 Å². The number of rotatable bonds is 10. The molecule has 3 aliphatic rings. The minimum absolute atomic E-state index is 0.0417. The van der Waals surface area contributed by atoms with E-state index in [4.69, 9.17) is 20.9 Å². The molecule has 0 unspecified atom stereocenters. The van der Waals surface area contributed by atoms with Gasteiger partial charge in [0, 0.05) is 12.2 Å². The number of hydrogen-bond donors (Lipinski definition) is 4. The molecule has 38 heavy (non-hydrogen) atoms. The molecule has 0 radical (unpaired) electrons. The molecule has 1 aromatic heterocycles. The van der Waals surface area contributed by atoms with Crippen molar-refractivity contribution < 1.29 is 24.2 Å². The Morgan fingerprint density at radius 3 is 2.50 bits per heavy atom. The normalized spacial score (nSPS) is 24.8. The average molecular weight is 521 g/mol. The fraction of sp³-hybridized carbons (Fsp3) is 0.483. The monoisotopic (exact) mass is 520 g/mol. The number of hydrogen-bond acceptors (Lipinski definition) is 7. The summed E-state index contributed by atoms with van der Waals surface area (Å²) in [4.78, 5) is 29.1. The first-order valence-electron chi connectivity index (χ1n) is 13.2. The second-order valence-electron chi connectivity index (χ2n) is 11.7. The van der Waals surface area contributed by atoms with Crippen molar-refractivity contribution in [2.75, 3.05) is 6.61 Å². The van der Waals surface area contributed by atoms with Gasteiger partial charge in [-0.15, -0.1) is 0 Å². The molecule has 202 valence electrons. The van der Waals surface area contributed by atoms with Crippen LogP contribution >= 0.6 is 0 Å². The summed E-state index contributed by atoms with van der Waals surface area (Å²) in [7, 11) is 0. The molecule has 3 aliphatic carbocycles. The van der Waals surface area contributed by atoms with E-state index in [1.165, 1.54) is 30.8 Å². The third-order valence-corrected chi connectivity index (χ3v) is 7.64. The molecule has 1 spiro atoms. The number of nitrogens with one attached hydrogen (secondary N) is 1. The van der Waals surface area contributed by atoms with Crippen molar-refractivity contribution in [2.45, 2.75) is 76.0 Å². The Bertz CT molecular complexity index is 1230. The molecular formula is C29H36N4O5. The first-order valence-corrected chi connectivity index (χ1v) is 13.2. The van der Waals surface area contributed by atoms with Crippen molar-refractivity contribution in [3.05, 3.63) is 59.5 Å². The predicted molar refractivity (Wildman–Crippen MR) is 142 cm³/mol. The summed E-state index contributed by atoms with van der Waals surface area (Å²) in [6.45, 7) is 3.44. The lowest BCUT2D eigenvalue weighted by molar-refractivity contribution is -0.122. The van der Waals surface area contributed by atoms with Crippen LogP contribution in [-0.4, -0.2) is 46.3 Å². The highest BCUT2D eigenvalue weighted by molar-refractivity contribution is 6.18. The van der Waals surface area contributed by atoms with Crippen LogP contribution in [0.1, 0.15) is 79.9 Å². The Morgan fingerprint density at radius 1 is 1.18 bits per heavy atom. The highest BCUT2D eigenvalue weighted by Crippen LogP contribution is 2.57. The number of primary amides is 1. The van der Waals surface area contributed by atoms with E-state index in [1.807, 2.05) is 12.1 Å². The summed E-state index contributed by atoms with van der Waals surface area (Å²) >= 11 is 0. The van der Waals surface area contributed by atoms with Crippen LogP contribution in [0.4, 0.5) is 0 Å². The van der Waals surface area contributed by atoms with Gasteiger partial charge in [-0.3, -0.25) is 14.6 Å². The zero-order chi connectivity index (χ0) is 27.1. The summed E-state index contributed by atoms with van der Waals surface area (Å²) in [6.07, 6.45) is 8.69. The second kappa shape index (κ2) is 9.94. The molecule has 6 N–H and O–H groups in total. The van der Waals surface area contributed by atoms with E-state index >= 15 is 0 Å². The molecule has 3 fully saturated rings. The SMILES string of the molecule is CC(C)(O)COc1ccc(C(=CN)C(=O)NC2CC3(C2)CC(Oc2cc(C4CC4)ccc2C(N)=O)C3)nc1. The number of amides is 2. The number of nitrogens with two attached hydrogens (primary N) is 2. The van der Waals surface area contributed by atoms with Gasteiger partial charge in [0.05, 0.1) is 34.7 Å². The maximum absolute atomic E-state index is 12.9. The van der Waals surface area contributed by atoms with Gasteiger partial charge in [0.2, 0.25) is 0 Å². The van der Waals surface area contributed by atoms with Crippen LogP contribution in [0, 0.1) is 5.41 Å². The van der Waals surface area contributed by atoms with Crippen molar-refractivity contribution in [3.63, 3.8) is 0 Å². The standard InChI is InChI=1S/C29H36N4O5/c1-28(2,36)16-37-20-6-8-24(32-15-20)23(14-30)27(35)33-19-10-29(11-19)12-21(13-29)38-25-9-18(17-3-4-17)5-7-22(25)26(31)34/h5-9,14-15,17,19,21,36H,3-4,10-13,16,30H2,1-2H3,(H2,31,34)(H,33,35). The van der Waals surface area contributed by atoms with Gasteiger partial charge in [0.25, 0.3) is 11.8 Å². The van der Waals surface area contributed by atoms with Crippen LogP contribution in [0.5, 0.6) is 11.5 Å². The van der Waals surface area contributed by atoms with Gasteiger partial charge >= 0.3 is 0 Å². The number of pyridine rings is 1. The van der Waals surface area contributed by atoms with E-state index in [0.717, 1.165) is 25.7 Å². The average Bonchev–Trinajstić information content (AvgIpc) is 3.66. The highest BCUT2D eigenvalue weighted by Gasteiger charge is 2.54. The van der Waals surface area contributed by atoms with Crippen LogP contribution < -0.4 is 26.3 Å². The van der Waals surface area contributed by atoms with Crippen molar-refractivity contribution in [3.8, 4) is 11.5 Å².